The topological polar surface area (TPSA) is 237 Å². The minimum atomic E-state index is -4.95. The highest BCUT2D eigenvalue weighted by molar-refractivity contribution is 7.47. The van der Waals surface area contributed by atoms with E-state index in [-0.39, 0.29) is 25.7 Å². The first-order valence-electron chi connectivity index (χ1n) is 37.7. The van der Waals surface area contributed by atoms with Crippen LogP contribution in [0.4, 0.5) is 0 Å². The highest BCUT2D eigenvalue weighted by atomic mass is 31.2. The number of hydrogen-bond donors (Lipinski definition) is 3. The van der Waals surface area contributed by atoms with Gasteiger partial charge in [-0.25, -0.2) is 9.13 Å². The average Bonchev–Trinajstić information content (AvgIpc) is 3.19. The molecule has 91 heavy (non-hydrogen) atoms. The number of unbranched alkanes of at least 4 members (excludes halogenated alkanes) is 43. The molecule has 0 aromatic heterocycles. The van der Waals surface area contributed by atoms with Gasteiger partial charge in [-0.1, -0.05) is 324 Å². The molecule has 3 unspecified atom stereocenters. The fourth-order valence-corrected chi connectivity index (χ4v) is 12.5. The molecule has 0 aromatic rings. The molecule has 19 heteroatoms. The number of carbonyl (C=O) groups excluding carboxylic acids is 4. The van der Waals surface area contributed by atoms with E-state index in [2.05, 4.69) is 34.6 Å². The third kappa shape index (κ3) is 65.1. The number of ether oxygens (including phenoxy) is 4. The van der Waals surface area contributed by atoms with Gasteiger partial charge in [0.1, 0.15) is 19.3 Å². The Balaban J connectivity index is 5.13. The Labute approximate surface area is 556 Å². The Morgan fingerprint density at radius 2 is 0.527 bits per heavy atom. The predicted molar refractivity (Wildman–Crippen MR) is 368 cm³/mol. The second-order valence-electron chi connectivity index (χ2n) is 26.2. The number of carbonyl (C=O) groups is 4. The van der Waals surface area contributed by atoms with E-state index in [1.165, 1.54) is 193 Å². The SMILES string of the molecule is CCCCCCCCCCCCCCCCCCCCCCC(=O)O[C@H](COC(=O)CCCCCCCCCCCCCCCCCC)COP(=O)(O)OC[C@@H](O)COP(=O)(O)OC[C@@H](COC(=O)CCCCCCC)OC(=O)CCCCCCCCC(C)CC. The molecule has 17 nitrogen and oxygen atoms in total. The van der Waals surface area contributed by atoms with Gasteiger partial charge in [-0.3, -0.25) is 37.3 Å². The van der Waals surface area contributed by atoms with E-state index in [0.29, 0.717) is 25.7 Å². The van der Waals surface area contributed by atoms with Gasteiger partial charge in [-0.2, -0.15) is 0 Å². The Kier molecular flexibility index (Phi) is 64.0. The van der Waals surface area contributed by atoms with Crippen molar-refractivity contribution in [1.29, 1.82) is 0 Å². The van der Waals surface area contributed by atoms with Crippen LogP contribution in [0.2, 0.25) is 0 Å². The number of aliphatic hydroxyl groups excluding tert-OH is 1. The van der Waals surface area contributed by atoms with Crippen molar-refractivity contribution in [3.8, 4) is 0 Å². The third-order valence-corrected chi connectivity index (χ3v) is 19.0. The van der Waals surface area contributed by atoms with Gasteiger partial charge in [0.25, 0.3) is 0 Å². The summed E-state index contributed by atoms with van der Waals surface area (Å²) in [5.74, 6) is -1.41. The molecule has 3 N–H and O–H groups in total. The number of hydrogen-bond acceptors (Lipinski definition) is 15. The van der Waals surface area contributed by atoms with Gasteiger partial charge in [0.15, 0.2) is 12.2 Å². The van der Waals surface area contributed by atoms with Crippen molar-refractivity contribution in [3.63, 3.8) is 0 Å². The monoisotopic (exact) mass is 1340 g/mol. The largest absolute Gasteiger partial charge is 0.472 e. The zero-order valence-electron chi connectivity index (χ0n) is 59.0. The number of rotatable bonds is 72. The van der Waals surface area contributed by atoms with Crippen LogP contribution < -0.4 is 0 Å². The first-order valence-corrected chi connectivity index (χ1v) is 40.7. The maximum atomic E-state index is 13.1. The molecule has 0 amide bonds. The molecule has 540 valence electrons. The summed E-state index contributed by atoms with van der Waals surface area (Å²) >= 11 is 0. The highest BCUT2D eigenvalue weighted by Crippen LogP contribution is 2.45. The molecular formula is C72H140O17P2. The van der Waals surface area contributed by atoms with E-state index in [0.717, 1.165) is 102 Å². The van der Waals surface area contributed by atoms with Crippen LogP contribution in [0.5, 0.6) is 0 Å². The second kappa shape index (κ2) is 65.4. The molecular weight excluding hydrogens is 1200 g/mol. The molecule has 0 radical (unpaired) electrons. The molecule has 0 heterocycles. The Bertz CT molecular complexity index is 1760. The summed E-state index contributed by atoms with van der Waals surface area (Å²) in [6.45, 7) is 7.12. The van der Waals surface area contributed by atoms with Crippen LogP contribution in [-0.4, -0.2) is 96.7 Å². The quantitative estimate of drug-likeness (QED) is 0.0222. The Morgan fingerprint density at radius 3 is 0.780 bits per heavy atom. The van der Waals surface area contributed by atoms with Gasteiger partial charge in [-0.05, 0) is 31.6 Å². The molecule has 0 rings (SSSR count). The first kappa shape index (κ1) is 89.1. The normalized spacial score (nSPS) is 14.3. The van der Waals surface area contributed by atoms with Crippen molar-refractivity contribution in [3.05, 3.63) is 0 Å². The van der Waals surface area contributed by atoms with Crippen molar-refractivity contribution >= 4 is 39.5 Å². The second-order valence-corrected chi connectivity index (χ2v) is 29.1. The lowest BCUT2D eigenvalue weighted by atomic mass is 10.00. The van der Waals surface area contributed by atoms with Crippen LogP contribution in [0.25, 0.3) is 0 Å². The first-order chi connectivity index (χ1) is 44.1. The summed E-state index contributed by atoms with van der Waals surface area (Å²) in [6.07, 6.45) is 53.3. The summed E-state index contributed by atoms with van der Waals surface area (Å²) < 4.78 is 68.1. The average molecular weight is 1340 g/mol. The van der Waals surface area contributed by atoms with E-state index in [4.69, 9.17) is 37.0 Å². The molecule has 0 aliphatic rings. The van der Waals surface area contributed by atoms with E-state index < -0.39 is 97.5 Å². The zero-order valence-corrected chi connectivity index (χ0v) is 60.8. The van der Waals surface area contributed by atoms with Crippen molar-refractivity contribution in [2.75, 3.05) is 39.6 Å². The van der Waals surface area contributed by atoms with Gasteiger partial charge in [0, 0.05) is 25.7 Å². The van der Waals surface area contributed by atoms with E-state index in [1.807, 2.05) is 0 Å². The van der Waals surface area contributed by atoms with Crippen LogP contribution in [0.3, 0.4) is 0 Å². The van der Waals surface area contributed by atoms with E-state index in [9.17, 15) is 43.2 Å². The molecule has 0 fully saturated rings. The third-order valence-electron chi connectivity index (χ3n) is 17.1. The fraction of sp³-hybridized carbons (Fsp3) is 0.944. The lowest BCUT2D eigenvalue weighted by molar-refractivity contribution is -0.161. The van der Waals surface area contributed by atoms with Crippen LogP contribution >= 0.6 is 15.6 Å². The number of phosphoric ester groups is 2. The fourth-order valence-electron chi connectivity index (χ4n) is 11.0. The summed E-state index contributed by atoms with van der Waals surface area (Å²) in [5.41, 5.74) is 0. The van der Waals surface area contributed by atoms with Crippen molar-refractivity contribution < 1.29 is 80.2 Å². The van der Waals surface area contributed by atoms with E-state index in [1.54, 1.807) is 0 Å². The zero-order chi connectivity index (χ0) is 67.0. The maximum Gasteiger partial charge on any atom is 0.472 e. The van der Waals surface area contributed by atoms with Gasteiger partial charge < -0.3 is 33.8 Å². The van der Waals surface area contributed by atoms with Gasteiger partial charge in [0.2, 0.25) is 0 Å². The molecule has 0 aliphatic heterocycles. The lowest BCUT2D eigenvalue weighted by Gasteiger charge is -2.21. The Morgan fingerprint density at radius 1 is 0.308 bits per heavy atom. The van der Waals surface area contributed by atoms with Crippen LogP contribution in [0.1, 0.15) is 375 Å². The van der Waals surface area contributed by atoms with Gasteiger partial charge >= 0.3 is 39.5 Å². The summed E-state index contributed by atoms with van der Waals surface area (Å²) in [4.78, 5) is 72.3. The minimum absolute atomic E-state index is 0.102. The number of aliphatic hydroxyl groups is 1. The summed E-state index contributed by atoms with van der Waals surface area (Å²) in [6, 6.07) is 0. The van der Waals surface area contributed by atoms with Crippen LogP contribution in [-0.2, 0) is 65.4 Å². The molecule has 0 saturated carbocycles. The Hall–Kier alpha value is -1.94. The molecule has 0 bridgehead atoms. The minimum Gasteiger partial charge on any atom is -0.462 e. The molecule has 0 aromatic carbocycles. The van der Waals surface area contributed by atoms with Gasteiger partial charge in [-0.15, -0.1) is 0 Å². The molecule has 0 aliphatic carbocycles. The standard InChI is InChI=1S/C72H140O17P2/c1-6-10-13-16-18-20-22-24-26-28-29-30-31-33-35-37-39-41-47-52-57-71(76)88-68(62-83-70(75)56-51-46-40-38-36-34-32-27-25-23-21-19-17-14-11-7-2)64-87-91(80,81)85-60-66(73)59-84-90(78,79)86-63-67(61-82-69(74)55-50-44-15-12-8-3)89-72(77)58-53-48-43-42-45-49-54-65(5)9-4/h65-68,73H,6-64H2,1-5H3,(H,78,79)(H,80,81)/t65?,66-,67+,68+/m0/s1. The molecule has 0 saturated heterocycles. The van der Waals surface area contributed by atoms with E-state index >= 15 is 0 Å². The van der Waals surface area contributed by atoms with Crippen molar-refractivity contribution in [2.45, 2.75) is 393 Å². The highest BCUT2D eigenvalue weighted by Gasteiger charge is 2.30. The van der Waals surface area contributed by atoms with Crippen molar-refractivity contribution in [1.82, 2.24) is 0 Å². The number of esters is 4. The molecule has 0 spiro atoms. The number of phosphoric acid groups is 2. The smallest absolute Gasteiger partial charge is 0.462 e. The van der Waals surface area contributed by atoms with Crippen LogP contribution in [0, 0.1) is 5.92 Å². The summed E-state index contributed by atoms with van der Waals surface area (Å²) in [5, 5.41) is 10.6. The lowest BCUT2D eigenvalue weighted by Crippen LogP contribution is -2.30. The summed E-state index contributed by atoms with van der Waals surface area (Å²) in [7, 11) is -9.89. The van der Waals surface area contributed by atoms with Crippen molar-refractivity contribution in [2.24, 2.45) is 5.92 Å². The van der Waals surface area contributed by atoms with Crippen LogP contribution in [0.15, 0.2) is 0 Å². The maximum absolute atomic E-state index is 13.1. The molecule has 6 atom stereocenters. The predicted octanol–water partition coefficient (Wildman–Crippen LogP) is 20.9. The van der Waals surface area contributed by atoms with Gasteiger partial charge in [0.05, 0.1) is 26.4 Å².